The number of fused-ring (bicyclic) bond motifs is 1. The normalized spacial score (nSPS) is 10.8. The van der Waals surface area contributed by atoms with Crippen molar-refractivity contribution in [2.45, 2.75) is 26.4 Å². The summed E-state index contributed by atoms with van der Waals surface area (Å²) < 4.78 is 5.97. The van der Waals surface area contributed by atoms with Gasteiger partial charge in [0.1, 0.15) is 12.4 Å². The monoisotopic (exact) mass is 265 g/mol. The van der Waals surface area contributed by atoms with E-state index in [2.05, 4.69) is 42.4 Å². The molecule has 0 atom stereocenters. The van der Waals surface area contributed by atoms with Crippen molar-refractivity contribution in [1.82, 2.24) is 4.98 Å². The average molecular weight is 265 g/mol. The van der Waals surface area contributed by atoms with Gasteiger partial charge in [-0.2, -0.15) is 0 Å². The number of hydrogen-bond acceptors (Lipinski definition) is 1. The molecule has 0 saturated heterocycles. The standard InChI is InChI=1S/C18H19NO/c1-2-7-15-12-19-18-16(15)10-6-11-17(18)20-13-14-8-4-3-5-9-14/h3-6,8-12,19H,2,7,13H2,1H3. The Morgan fingerprint density at radius 1 is 1.00 bits per heavy atom. The van der Waals surface area contributed by atoms with Gasteiger partial charge >= 0.3 is 0 Å². The summed E-state index contributed by atoms with van der Waals surface area (Å²) in [5, 5.41) is 1.28. The van der Waals surface area contributed by atoms with E-state index in [1.165, 1.54) is 16.5 Å². The summed E-state index contributed by atoms with van der Waals surface area (Å²) in [5.74, 6) is 0.925. The third-order valence-electron chi connectivity index (χ3n) is 3.52. The lowest BCUT2D eigenvalue weighted by atomic mass is 10.1. The van der Waals surface area contributed by atoms with Crippen molar-refractivity contribution in [3.8, 4) is 5.75 Å². The van der Waals surface area contributed by atoms with E-state index >= 15 is 0 Å². The molecule has 0 unspecified atom stereocenters. The Morgan fingerprint density at radius 2 is 1.85 bits per heavy atom. The number of aromatic nitrogens is 1. The maximum Gasteiger partial charge on any atom is 0.143 e. The maximum atomic E-state index is 5.97. The van der Waals surface area contributed by atoms with Crippen LogP contribution >= 0.6 is 0 Å². The second kappa shape index (κ2) is 5.83. The number of aryl methyl sites for hydroxylation is 1. The molecular weight excluding hydrogens is 246 g/mol. The fourth-order valence-corrected chi connectivity index (χ4v) is 2.52. The predicted molar refractivity (Wildman–Crippen MR) is 83.1 cm³/mol. The lowest BCUT2D eigenvalue weighted by Crippen LogP contribution is -1.95. The summed E-state index contributed by atoms with van der Waals surface area (Å²) in [7, 11) is 0. The van der Waals surface area contributed by atoms with Crippen molar-refractivity contribution in [1.29, 1.82) is 0 Å². The summed E-state index contributed by atoms with van der Waals surface area (Å²) >= 11 is 0. The summed E-state index contributed by atoms with van der Waals surface area (Å²) in [5.41, 5.74) is 3.66. The van der Waals surface area contributed by atoms with Crippen LogP contribution in [0.15, 0.2) is 54.7 Å². The predicted octanol–water partition coefficient (Wildman–Crippen LogP) is 4.70. The van der Waals surface area contributed by atoms with Crippen LogP contribution in [0.1, 0.15) is 24.5 Å². The first-order valence-corrected chi connectivity index (χ1v) is 7.14. The van der Waals surface area contributed by atoms with Gasteiger partial charge in [0.05, 0.1) is 5.52 Å². The molecule has 102 valence electrons. The van der Waals surface area contributed by atoms with Gasteiger partial charge in [0, 0.05) is 11.6 Å². The number of benzene rings is 2. The first kappa shape index (κ1) is 12.8. The van der Waals surface area contributed by atoms with E-state index in [0.717, 1.165) is 24.1 Å². The quantitative estimate of drug-likeness (QED) is 0.710. The van der Waals surface area contributed by atoms with Crippen molar-refractivity contribution < 1.29 is 4.74 Å². The average Bonchev–Trinajstić information content (AvgIpc) is 2.91. The molecule has 3 aromatic rings. The van der Waals surface area contributed by atoms with E-state index in [1.807, 2.05) is 24.3 Å². The van der Waals surface area contributed by atoms with Crippen molar-refractivity contribution >= 4 is 10.9 Å². The fourth-order valence-electron chi connectivity index (χ4n) is 2.52. The van der Waals surface area contributed by atoms with Gasteiger partial charge in [-0.25, -0.2) is 0 Å². The lowest BCUT2D eigenvalue weighted by Gasteiger charge is -2.07. The van der Waals surface area contributed by atoms with Gasteiger partial charge in [-0.1, -0.05) is 55.8 Å². The molecule has 0 bridgehead atoms. The summed E-state index contributed by atoms with van der Waals surface area (Å²) in [6, 6.07) is 16.5. The van der Waals surface area contributed by atoms with E-state index in [-0.39, 0.29) is 0 Å². The van der Waals surface area contributed by atoms with E-state index in [9.17, 15) is 0 Å². The zero-order valence-corrected chi connectivity index (χ0v) is 11.7. The number of nitrogens with one attached hydrogen (secondary N) is 1. The Balaban J connectivity index is 1.85. The molecule has 2 nitrogen and oxygen atoms in total. The van der Waals surface area contributed by atoms with Crippen molar-refractivity contribution in [3.63, 3.8) is 0 Å². The van der Waals surface area contributed by atoms with Crippen LogP contribution in [-0.2, 0) is 13.0 Å². The van der Waals surface area contributed by atoms with Crippen LogP contribution in [0.25, 0.3) is 10.9 Å². The van der Waals surface area contributed by atoms with E-state index in [0.29, 0.717) is 6.61 Å². The molecule has 0 fully saturated rings. The highest BCUT2D eigenvalue weighted by atomic mass is 16.5. The van der Waals surface area contributed by atoms with Crippen LogP contribution in [0.5, 0.6) is 5.75 Å². The highest BCUT2D eigenvalue weighted by Gasteiger charge is 2.07. The van der Waals surface area contributed by atoms with Crippen LogP contribution in [0.3, 0.4) is 0 Å². The first-order valence-electron chi connectivity index (χ1n) is 7.14. The topological polar surface area (TPSA) is 25.0 Å². The van der Waals surface area contributed by atoms with Crippen LogP contribution in [-0.4, -0.2) is 4.98 Å². The second-order valence-corrected chi connectivity index (χ2v) is 5.02. The summed E-state index contributed by atoms with van der Waals surface area (Å²) in [4.78, 5) is 3.35. The number of hydrogen-bond donors (Lipinski definition) is 1. The van der Waals surface area contributed by atoms with Crippen molar-refractivity contribution in [2.24, 2.45) is 0 Å². The molecule has 20 heavy (non-hydrogen) atoms. The Labute approximate surface area is 119 Å². The molecule has 0 amide bonds. The van der Waals surface area contributed by atoms with Gasteiger partial charge in [0.15, 0.2) is 0 Å². The van der Waals surface area contributed by atoms with E-state index in [1.54, 1.807) is 0 Å². The molecule has 0 spiro atoms. The highest BCUT2D eigenvalue weighted by Crippen LogP contribution is 2.28. The molecule has 3 rings (SSSR count). The van der Waals surface area contributed by atoms with Crippen LogP contribution in [0, 0.1) is 0 Å². The molecule has 1 aromatic heterocycles. The maximum absolute atomic E-state index is 5.97. The van der Waals surface area contributed by atoms with Gasteiger partial charge in [-0.3, -0.25) is 0 Å². The number of rotatable bonds is 5. The van der Waals surface area contributed by atoms with Gasteiger partial charge in [-0.15, -0.1) is 0 Å². The van der Waals surface area contributed by atoms with Crippen LogP contribution in [0.2, 0.25) is 0 Å². The Bertz CT molecular complexity index is 685. The van der Waals surface area contributed by atoms with Crippen LogP contribution in [0.4, 0.5) is 0 Å². The molecule has 2 heteroatoms. The number of para-hydroxylation sites is 1. The van der Waals surface area contributed by atoms with Gasteiger partial charge in [0.25, 0.3) is 0 Å². The minimum absolute atomic E-state index is 0.599. The Hall–Kier alpha value is -2.22. The molecule has 1 N–H and O–H groups in total. The number of ether oxygens (including phenoxy) is 1. The smallest absolute Gasteiger partial charge is 0.143 e. The van der Waals surface area contributed by atoms with Gasteiger partial charge in [0.2, 0.25) is 0 Å². The molecule has 2 aromatic carbocycles. The SMILES string of the molecule is CCCc1c[nH]c2c(OCc3ccccc3)cccc12. The Kier molecular flexibility index (Phi) is 3.73. The van der Waals surface area contributed by atoms with E-state index in [4.69, 9.17) is 4.74 Å². The van der Waals surface area contributed by atoms with E-state index < -0.39 is 0 Å². The van der Waals surface area contributed by atoms with Crippen molar-refractivity contribution in [2.75, 3.05) is 0 Å². The zero-order valence-electron chi connectivity index (χ0n) is 11.7. The molecule has 0 saturated carbocycles. The molecule has 0 aliphatic carbocycles. The first-order chi connectivity index (χ1) is 9.88. The molecule has 0 radical (unpaired) electrons. The fraction of sp³-hybridized carbons (Fsp3) is 0.222. The summed E-state index contributed by atoms with van der Waals surface area (Å²) in [6.45, 7) is 2.80. The minimum Gasteiger partial charge on any atom is -0.487 e. The van der Waals surface area contributed by atoms with Gasteiger partial charge in [-0.05, 0) is 23.6 Å². The molecule has 0 aliphatic rings. The third-order valence-corrected chi connectivity index (χ3v) is 3.52. The third kappa shape index (κ3) is 2.55. The number of aromatic amines is 1. The molecular formula is C18H19NO. The lowest BCUT2D eigenvalue weighted by molar-refractivity contribution is 0.309. The van der Waals surface area contributed by atoms with Crippen molar-refractivity contribution in [3.05, 3.63) is 65.9 Å². The number of H-pyrrole nitrogens is 1. The molecule has 0 aliphatic heterocycles. The summed E-state index contributed by atoms with van der Waals surface area (Å²) in [6.07, 6.45) is 4.35. The van der Waals surface area contributed by atoms with Crippen LogP contribution < -0.4 is 4.74 Å². The molecule has 1 heterocycles. The largest absolute Gasteiger partial charge is 0.487 e. The van der Waals surface area contributed by atoms with Gasteiger partial charge < -0.3 is 9.72 Å². The zero-order chi connectivity index (χ0) is 13.8. The second-order valence-electron chi connectivity index (χ2n) is 5.02. The minimum atomic E-state index is 0.599. The highest BCUT2D eigenvalue weighted by molar-refractivity contribution is 5.88. The Morgan fingerprint density at radius 3 is 2.65 bits per heavy atom.